The molecule has 0 radical (unpaired) electrons. The largest absolute Gasteiger partial charge is 0.476 e. The van der Waals surface area contributed by atoms with Crippen molar-refractivity contribution in [3.05, 3.63) is 40.1 Å². The third kappa shape index (κ3) is 3.29. The van der Waals surface area contributed by atoms with E-state index in [-0.39, 0.29) is 17.3 Å². The Kier molecular flexibility index (Phi) is 4.26. The van der Waals surface area contributed by atoms with Gasteiger partial charge >= 0.3 is 5.97 Å². The number of hydrogen-bond donors (Lipinski definition) is 3. The van der Waals surface area contributed by atoms with Crippen LogP contribution in [0.5, 0.6) is 0 Å². The highest BCUT2D eigenvalue weighted by atomic mass is 32.1. The Balaban J connectivity index is 1.88. The number of nitrogens with one attached hydrogen (secondary N) is 1. The number of nitrogen functional groups attached to an aromatic ring is 1. The van der Waals surface area contributed by atoms with Crippen LogP contribution in [0.1, 0.15) is 26.0 Å². The lowest BCUT2D eigenvalue weighted by atomic mass is 10.3. The van der Waals surface area contributed by atoms with Gasteiger partial charge < -0.3 is 16.2 Å². The summed E-state index contributed by atoms with van der Waals surface area (Å²) >= 11 is 1.24. The van der Waals surface area contributed by atoms with Gasteiger partial charge in [0.15, 0.2) is 11.4 Å². The maximum Gasteiger partial charge on any atom is 0.355 e. The Morgan fingerprint density at radius 1 is 1.45 bits per heavy atom. The lowest BCUT2D eigenvalue weighted by Gasteiger charge is -2.05. The summed E-state index contributed by atoms with van der Waals surface area (Å²) in [6.07, 6.45) is 1.95. The van der Waals surface area contributed by atoms with Crippen molar-refractivity contribution in [1.82, 2.24) is 15.3 Å². The molecule has 2 heterocycles. The molecule has 0 aliphatic heterocycles. The van der Waals surface area contributed by atoms with E-state index in [1.807, 2.05) is 0 Å². The third-order valence-electron chi connectivity index (χ3n) is 2.45. The van der Waals surface area contributed by atoms with Crippen molar-refractivity contribution in [3.63, 3.8) is 0 Å². The van der Waals surface area contributed by atoms with Crippen molar-refractivity contribution in [2.75, 3.05) is 12.3 Å². The topological polar surface area (TPSA) is 118 Å². The molecule has 7 nitrogen and oxygen atoms in total. The molecule has 0 saturated heterocycles. The van der Waals surface area contributed by atoms with Crippen molar-refractivity contribution >= 4 is 28.9 Å². The van der Waals surface area contributed by atoms with Gasteiger partial charge in [-0.05, 0) is 12.1 Å². The molecule has 1 amide bonds. The molecular weight excluding hydrogens is 280 g/mol. The molecule has 0 bridgehead atoms. The van der Waals surface area contributed by atoms with E-state index in [0.717, 1.165) is 0 Å². The molecule has 8 heteroatoms. The normalized spacial score (nSPS) is 10.2. The summed E-state index contributed by atoms with van der Waals surface area (Å²) in [4.78, 5) is 30.3. The van der Waals surface area contributed by atoms with Crippen molar-refractivity contribution < 1.29 is 14.7 Å². The Labute approximate surface area is 118 Å². The van der Waals surface area contributed by atoms with Gasteiger partial charge in [-0.1, -0.05) is 0 Å². The summed E-state index contributed by atoms with van der Waals surface area (Å²) in [6, 6.07) is 3.25. The molecular formula is C12H12N4O3S. The molecule has 0 spiro atoms. The van der Waals surface area contributed by atoms with Crippen LogP contribution in [0.4, 0.5) is 5.69 Å². The fraction of sp³-hybridized carbons (Fsp3) is 0.167. The van der Waals surface area contributed by atoms with Gasteiger partial charge in [-0.2, -0.15) is 0 Å². The molecule has 0 aliphatic carbocycles. The number of anilines is 1. The Bertz CT molecular complexity index is 641. The highest BCUT2D eigenvalue weighted by molar-refractivity contribution is 7.09. The van der Waals surface area contributed by atoms with E-state index in [9.17, 15) is 9.59 Å². The average Bonchev–Trinajstić information content (AvgIpc) is 2.88. The summed E-state index contributed by atoms with van der Waals surface area (Å²) in [6.45, 7) is 0.335. The van der Waals surface area contributed by atoms with E-state index in [0.29, 0.717) is 23.7 Å². The molecule has 0 saturated carbocycles. The zero-order chi connectivity index (χ0) is 14.5. The van der Waals surface area contributed by atoms with Gasteiger partial charge in [-0.15, -0.1) is 11.3 Å². The molecule has 0 aliphatic rings. The van der Waals surface area contributed by atoms with Crippen LogP contribution >= 0.6 is 11.3 Å². The van der Waals surface area contributed by atoms with Gasteiger partial charge in [0.25, 0.3) is 5.91 Å². The minimum absolute atomic E-state index is 0.0188. The van der Waals surface area contributed by atoms with Crippen molar-refractivity contribution in [2.45, 2.75) is 6.42 Å². The van der Waals surface area contributed by atoms with Crippen molar-refractivity contribution in [2.24, 2.45) is 0 Å². The van der Waals surface area contributed by atoms with Gasteiger partial charge in [0.05, 0.1) is 10.7 Å². The van der Waals surface area contributed by atoms with Gasteiger partial charge in [-0.25, -0.2) is 14.8 Å². The van der Waals surface area contributed by atoms with Gasteiger partial charge in [0.1, 0.15) is 0 Å². The average molecular weight is 292 g/mol. The van der Waals surface area contributed by atoms with Crippen LogP contribution in [0, 0.1) is 0 Å². The standard InChI is InChI=1S/C12H12N4O3S/c13-7-2-1-4-14-10(7)11(17)15-5-3-9-16-8(6-20-9)12(18)19/h1-2,4,6H,3,5,13H2,(H,15,17)(H,18,19). The molecule has 104 valence electrons. The molecule has 20 heavy (non-hydrogen) atoms. The van der Waals surface area contributed by atoms with Crippen LogP contribution in [0.15, 0.2) is 23.7 Å². The van der Waals surface area contributed by atoms with Gasteiger partial charge in [0.2, 0.25) is 0 Å². The number of carboxylic acids is 1. The van der Waals surface area contributed by atoms with E-state index in [1.165, 1.54) is 22.9 Å². The summed E-state index contributed by atoms with van der Waals surface area (Å²) in [5, 5.41) is 13.5. The number of carbonyl (C=O) groups excluding carboxylic acids is 1. The third-order valence-corrected chi connectivity index (χ3v) is 3.36. The second-order valence-electron chi connectivity index (χ2n) is 3.88. The molecule has 0 atom stereocenters. The quantitative estimate of drug-likeness (QED) is 0.749. The first-order valence-corrected chi connectivity index (χ1v) is 6.62. The lowest BCUT2D eigenvalue weighted by molar-refractivity contribution is 0.0690. The number of aromatic carboxylic acids is 1. The minimum atomic E-state index is -1.06. The van der Waals surface area contributed by atoms with Crippen LogP contribution in [0.2, 0.25) is 0 Å². The van der Waals surface area contributed by atoms with Crippen LogP contribution in [0.25, 0.3) is 0 Å². The van der Waals surface area contributed by atoms with Crippen LogP contribution < -0.4 is 11.1 Å². The second-order valence-corrected chi connectivity index (χ2v) is 4.82. The summed E-state index contributed by atoms with van der Waals surface area (Å²) in [5.41, 5.74) is 6.15. The maximum atomic E-state index is 11.8. The Morgan fingerprint density at radius 3 is 2.90 bits per heavy atom. The fourth-order valence-electron chi connectivity index (χ4n) is 1.50. The van der Waals surface area contributed by atoms with E-state index in [1.54, 1.807) is 12.1 Å². The van der Waals surface area contributed by atoms with Gasteiger partial charge in [0, 0.05) is 24.5 Å². The SMILES string of the molecule is Nc1cccnc1C(=O)NCCc1nc(C(=O)O)cs1. The molecule has 0 unspecified atom stereocenters. The minimum Gasteiger partial charge on any atom is -0.476 e. The summed E-state index contributed by atoms with van der Waals surface area (Å²) in [5.74, 6) is -1.42. The Morgan fingerprint density at radius 2 is 2.25 bits per heavy atom. The molecule has 2 aromatic rings. The highest BCUT2D eigenvalue weighted by Crippen LogP contribution is 2.10. The predicted molar refractivity (Wildman–Crippen MR) is 73.8 cm³/mol. The van der Waals surface area contributed by atoms with E-state index >= 15 is 0 Å². The van der Waals surface area contributed by atoms with E-state index < -0.39 is 5.97 Å². The number of carboxylic acid groups (broad SMARTS) is 1. The van der Waals surface area contributed by atoms with Crippen LogP contribution in [-0.4, -0.2) is 33.5 Å². The number of thiazole rings is 1. The highest BCUT2D eigenvalue weighted by Gasteiger charge is 2.11. The van der Waals surface area contributed by atoms with Crippen molar-refractivity contribution in [3.8, 4) is 0 Å². The zero-order valence-electron chi connectivity index (χ0n) is 10.4. The van der Waals surface area contributed by atoms with E-state index in [2.05, 4.69) is 15.3 Å². The zero-order valence-corrected chi connectivity index (χ0v) is 11.2. The molecule has 0 aromatic carbocycles. The van der Waals surface area contributed by atoms with Crippen LogP contribution in [0.3, 0.4) is 0 Å². The van der Waals surface area contributed by atoms with E-state index in [4.69, 9.17) is 10.8 Å². The van der Waals surface area contributed by atoms with Crippen molar-refractivity contribution in [1.29, 1.82) is 0 Å². The summed E-state index contributed by atoms with van der Waals surface area (Å²) in [7, 11) is 0. The number of amides is 1. The lowest BCUT2D eigenvalue weighted by Crippen LogP contribution is -2.27. The number of nitrogens with zero attached hydrogens (tertiary/aromatic N) is 2. The number of carbonyl (C=O) groups is 2. The first-order valence-electron chi connectivity index (χ1n) is 5.74. The molecule has 0 fully saturated rings. The number of hydrogen-bond acceptors (Lipinski definition) is 6. The Hall–Kier alpha value is -2.48. The number of rotatable bonds is 5. The smallest absolute Gasteiger partial charge is 0.355 e. The molecule has 2 aromatic heterocycles. The fourth-order valence-corrected chi connectivity index (χ4v) is 2.27. The first-order chi connectivity index (χ1) is 9.58. The second kappa shape index (κ2) is 6.11. The number of pyridine rings is 1. The van der Waals surface area contributed by atoms with Gasteiger partial charge in [-0.3, -0.25) is 4.79 Å². The molecule has 2 rings (SSSR count). The maximum absolute atomic E-state index is 11.8. The number of nitrogens with two attached hydrogens (primary N) is 1. The van der Waals surface area contributed by atoms with Crippen LogP contribution in [-0.2, 0) is 6.42 Å². The monoisotopic (exact) mass is 292 g/mol. The molecule has 4 N–H and O–H groups in total. The summed E-state index contributed by atoms with van der Waals surface area (Å²) < 4.78 is 0. The number of aromatic nitrogens is 2. The first kappa shape index (κ1) is 13.9. The predicted octanol–water partition coefficient (Wildman–Crippen LogP) is 0.791.